The summed E-state index contributed by atoms with van der Waals surface area (Å²) in [5.41, 5.74) is 3.36. The third kappa shape index (κ3) is 3.10. The molecule has 3 heteroatoms. The van der Waals surface area contributed by atoms with Gasteiger partial charge in [-0.1, -0.05) is 22.0 Å². The van der Waals surface area contributed by atoms with E-state index in [1.165, 1.54) is 5.69 Å². The molecule has 1 aromatic carbocycles. The summed E-state index contributed by atoms with van der Waals surface area (Å²) in [5, 5.41) is 0. The molecule has 0 spiro atoms. The van der Waals surface area contributed by atoms with Gasteiger partial charge in [-0.3, -0.25) is 4.99 Å². The maximum Gasteiger partial charge on any atom is 0.0641 e. The molecule has 0 fully saturated rings. The van der Waals surface area contributed by atoms with E-state index in [9.17, 15) is 0 Å². The molecule has 0 aliphatic heterocycles. The Bertz CT molecular complexity index is 568. The summed E-state index contributed by atoms with van der Waals surface area (Å²) < 4.78 is 3.30. The Labute approximate surface area is 116 Å². The number of aryl methyl sites for hydroxylation is 1. The molecule has 0 atom stereocenters. The van der Waals surface area contributed by atoms with Gasteiger partial charge in [0.25, 0.3) is 0 Å². The van der Waals surface area contributed by atoms with Crippen molar-refractivity contribution >= 4 is 27.8 Å². The first-order valence-corrected chi connectivity index (χ1v) is 6.83. The summed E-state index contributed by atoms with van der Waals surface area (Å²) in [7, 11) is 0. The Balaban J connectivity index is 2.21. The van der Waals surface area contributed by atoms with E-state index in [2.05, 4.69) is 58.5 Å². The van der Waals surface area contributed by atoms with Crippen LogP contribution in [0.3, 0.4) is 0 Å². The number of nitrogens with zero attached hydrogens (tertiary/aromatic N) is 2. The second-order valence-electron chi connectivity index (χ2n) is 4.65. The Morgan fingerprint density at radius 1 is 1.28 bits per heavy atom. The SMILES string of the molecule is Cc1cc(C=Nc2cccc(Br)c2)cn1C(C)C. The lowest BCUT2D eigenvalue weighted by Crippen LogP contribution is -2.00. The van der Waals surface area contributed by atoms with Gasteiger partial charge >= 0.3 is 0 Å². The number of rotatable bonds is 3. The summed E-state index contributed by atoms with van der Waals surface area (Å²) in [5.74, 6) is 0. The molecule has 1 aromatic heterocycles. The van der Waals surface area contributed by atoms with Crippen molar-refractivity contribution < 1.29 is 0 Å². The summed E-state index contributed by atoms with van der Waals surface area (Å²) in [6.07, 6.45) is 4.05. The summed E-state index contributed by atoms with van der Waals surface area (Å²) in [6, 6.07) is 10.6. The Hall–Kier alpha value is -1.35. The summed E-state index contributed by atoms with van der Waals surface area (Å²) >= 11 is 3.45. The van der Waals surface area contributed by atoms with Crippen molar-refractivity contribution in [1.29, 1.82) is 0 Å². The minimum Gasteiger partial charge on any atom is -0.349 e. The number of benzene rings is 1. The fourth-order valence-corrected chi connectivity index (χ4v) is 2.34. The van der Waals surface area contributed by atoms with Gasteiger partial charge in [-0.25, -0.2) is 0 Å². The monoisotopic (exact) mass is 304 g/mol. The van der Waals surface area contributed by atoms with Crippen LogP contribution in [0.2, 0.25) is 0 Å². The van der Waals surface area contributed by atoms with Crippen LogP contribution in [0.15, 0.2) is 46.0 Å². The first-order valence-electron chi connectivity index (χ1n) is 6.04. The number of hydrogen-bond acceptors (Lipinski definition) is 1. The molecule has 0 radical (unpaired) electrons. The molecule has 0 aliphatic rings. The smallest absolute Gasteiger partial charge is 0.0641 e. The van der Waals surface area contributed by atoms with Gasteiger partial charge in [-0.2, -0.15) is 0 Å². The second kappa shape index (κ2) is 5.53. The van der Waals surface area contributed by atoms with Crippen molar-refractivity contribution in [2.75, 3.05) is 0 Å². The first kappa shape index (κ1) is 13.1. The number of aromatic nitrogens is 1. The maximum atomic E-state index is 4.48. The van der Waals surface area contributed by atoms with Gasteiger partial charge < -0.3 is 4.57 Å². The van der Waals surface area contributed by atoms with Crippen LogP contribution in [0.25, 0.3) is 0 Å². The first-order chi connectivity index (χ1) is 8.56. The highest BCUT2D eigenvalue weighted by molar-refractivity contribution is 9.10. The molecule has 0 saturated carbocycles. The van der Waals surface area contributed by atoms with Gasteiger partial charge in [0.05, 0.1) is 5.69 Å². The van der Waals surface area contributed by atoms with Crippen LogP contribution in [0, 0.1) is 6.92 Å². The fraction of sp³-hybridized carbons (Fsp3) is 0.267. The van der Waals surface area contributed by atoms with E-state index >= 15 is 0 Å². The van der Waals surface area contributed by atoms with Crippen LogP contribution >= 0.6 is 15.9 Å². The molecular formula is C15H17BrN2. The topological polar surface area (TPSA) is 17.3 Å². The molecule has 0 saturated heterocycles. The van der Waals surface area contributed by atoms with E-state index in [4.69, 9.17) is 0 Å². The predicted octanol–water partition coefficient (Wildman–Crippen LogP) is 4.89. The molecule has 18 heavy (non-hydrogen) atoms. The van der Waals surface area contributed by atoms with Crippen LogP contribution in [0.5, 0.6) is 0 Å². The Kier molecular flexibility index (Phi) is 4.02. The minimum absolute atomic E-state index is 0.484. The van der Waals surface area contributed by atoms with Gasteiger partial charge in [0.1, 0.15) is 0 Å². The van der Waals surface area contributed by atoms with Crippen LogP contribution in [-0.4, -0.2) is 10.8 Å². The number of hydrogen-bond donors (Lipinski definition) is 0. The van der Waals surface area contributed by atoms with Crippen molar-refractivity contribution in [1.82, 2.24) is 4.57 Å². The summed E-state index contributed by atoms with van der Waals surface area (Å²) in [4.78, 5) is 4.48. The van der Waals surface area contributed by atoms with Crippen molar-refractivity contribution in [2.24, 2.45) is 4.99 Å². The fourth-order valence-electron chi connectivity index (χ4n) is 1.95. The van der Waals surface area contributed by atoms with Crippen LogP contribution in [0.1, 0.15) is 31.1 Å². The molecule has 2 rings (SSSR count). The van der Waals surface area contributed by atoms with Gasteiger partial charge in [-0.05, 0) is 45.0 Å². The van der Waals surface area contributed by atoms with Crippen LogP contribution in [-0.2, 0) is 0 Å². The zero-order valence-corrected chi connectivity index (χ0v) is 12.5. The van der Waals surface area contributed by atoms with Crippen LogP contribution < -0.4 is 0 Å². The highest BCUT2D eigenvalue weighted by Gasteiger charge is 2.03. The van der Waals surface area contributed by atoms with E-state index in [1.54, 1.807) is 0 Å². The third-order valence-corrected chi connectivity index (χ3v) is 3.29. The van der Waals surface area contributed by atoms with Gasteiger partial charge in [0.2, 0.25) is 0 Å². The zero-order chi connectivity index (χ0) is 13.1. The molecule has 0 amide bonds. The summed E-state index contributed by atoms with van der Waals surface area (Å²) in [6.45, 7) is 6.49. The Morgan fingerprint density at radius 2 is 2.06 bits per heavy atom. The third-order valence-electron chi connectivity index (χ3n) is 2.80. The molecule has 0 aliphatic carbocycles. The maximum absolute atomic E-state index is 4.48. The standard InChI is InChI=1S/C15H17BrN2/c1-11(2)18-10-13(7-12(18)3)9-17-15-6-4-5-14(16)8-15/h4-11H,1-3H3. The zero-order valence-electron chi connectivity index (χ0n) is 10.9. The van der Waals surface area contributed by atoms with Gasteiger partial charge in [-0.15, -0.1) is 0 Å². The lowest BCUT2D eigenvalue weighted by atomic mass is 10.3. The lowest BCUT2D eigenvalue weighted by Gasteiger charge is -2.08. The Morgan fingerprint density at radius 3 is 2.67 bits per heavy atom. The predicted molar refractivity (Wildman–Crippen MR) is 81.0 cm³/mol. The van der Waals surface area contributed by atoms with E-state index in [0.29, 0.717) is 6.04 Å². The van der Waals surface area contributed by atoms with Crippen LogP contribution in [0.4, 0.5) is 5.69 Å². The molecule has 1 heterocycles. The molecule has 0 bridgehead atoms. The van der Waals surface area contributed by atoms with Gasteiger partial charge in [0, 0.05) is 34.2 Å². The minimum atomic E-state index is 0.484. The largest absolute Gasteiger partial charge is 0.349 e. The molecule has 0 N–H and O–H groups in total. The number of halogens is 1. The molecule has 2 nitrogen and oxygen atoms in total. The molecule has 0 unspecified atom stereocenters. The lowest BCUT2D eigenvalue weighted by molar-refractivity contribution is 0.589. The number of aliphatic imine (C=N–C) groups is 1. The highest BCUT2D eigenvalue weighted by Crippen LogP contribution is 2.19. The molecule has 94 valence electrons. The van der Waals surface area contributed by atoms with Crippen molar-refractivity contribution in [3.63, 3.8) is 0 Å². The second-order valence-corrected chi connectivity index (χ2v) is 5.57. The van der Waals surface area contributed by atoms with Gasteiger partial charge in [0.15, 0.2) is 0 Å². The van der Waals surface area contributed by atoms with E-state index < -0.39 is 0 Å². The van der Waals surface area contributed by atoms with Crippen molar-refractivity contribution in [3.8, 4) is 0 Å². The van der Waals surface area contributed by atoms with E-state index in [1.807, 2.05) is 30.5 Å². The molecular weight excluding hydrogens is 288 g/mol. The van der Waals surface area contributed by atoms with Crippen molar-refractivity contribution in [3.05, 3.63) is 52.3 Å². The van der Waals surface area contributed by atoms with Crippen molar-refractivity contribution in [2.45, 2.75) is 26.8 Å². The quantitative estimate of drug-likeness (QED) is 0.718. The molecule has 2 aromatic rings. The van der Waals surface area contributed by atoms with E-state index in [0.717, 1.165) is 15.7 Å². The van der Waals surface area contributed by atoms with E-state index in [-0.39, 0.29) is 0 Å². The average Bonchev–Trinajstić information content (AvgIpc) is 2.68. The highest BCUT2D eigenvalue weighted by atomic mass is 79.9. The normalized spacial score (nSPS) is 11.6. The average molecular weight is 305 g/mol.